The lowest BCUT2D eigenvalue weighted by atomic mass is 10.1. The van der Waals surface area contributed by atoms with E-state index in [-0.39, 0.29) is 5.91 Å². The summed E-state index contributed by atoms with van der Waals surface area (Å²) in [5.74, 6) is 1.94. The Labute approximate surface area is 156 Å². The topological polar surface area (TPSA) is 66.0 Å². The lowest BCUT2D eigenvalue weighted by molar-refractivity contribution is -0.111. The van der Waals surface area contributed by atoms with Crippen molar-refractivity contribution in [1.82, 2.24) is 0 Å². The van der Waals surface area contributed by atoms with Crippen LogP contribution in [0.2, 0.25) is 5.02 Å². The van der Waals surface area contributed by atoms with Crippen LogP contribution in [-0.2, 0) is 4.79 Å². The third-order valence-electron chi connectivity index (χ3n) is 3.73. The number of anilines is 1. The van der Waals surface area contributed by atoms with Gasteiger partial charge in [0.05, 0.1) is 24.9 Å². The van der Waals surface area contributed by atoms with Gasteiger partial charge in [-0.15, -0.1) is 0 Å². The number of fused-ring (bicyclic) bond motifs is 1. The van der Waals surface area contributed by atoms with Crippen molar-refractivity contribution in [3.05, 3.63) is 47.0 Å². The van der Waals surface area contributed by atoms with Crippen LogP contribution in [0.15, 0.2) is 36.4 Å². The fraction of sp³-hybridized carbons (Fsp3) is 0.211. The van der Waals surface area contributed by atoms with E-state index < -0.39 is 0 Å². The fourth-order valence-corrected chi connectivity index (χ4v) is 2.70. The second kappa shape index (κ2) is 8.01. The van der Waals surface area contributed by atoms with Crippen molar-refractivity contribution in [2.24, 2.45) is 0 Å². The number of carbonyl (C=O) groups is 1. The van der Waals surface area contributed by atoms with Gasteiger partial charge in [0.15, 0.2) is 11.5 Å². The van der Waals surface area contributed by atoms with E-state index in [1.54, 1.807) is 18.2 Å². The number of nitrogens with one attached hydrogen (secondary N) is 1. The Morgan fingerprint density at radius 3 is 2.54 bits per heavy atom. The SMILES string of the molecule is COc1cc(NC(=O)/C=C/c2ccc3c(c2)OCCO3)c(OC)cc1Cl. The van der Waals surface area contributed by atoms with Crippen LogP contribution in [0.1, 0.15) is 5.56 Å². The molecule has 136 valence electrons. The van der Waals surface area contributed by atoms with Crippen LogP contribution in [0.5, 0.6) is 23.0 Å². The lowest BCUT2D eigenvalue weighted by Gasteiger charge is -2.18. The zero-order valence-electron chi connectivity index (χ0n) is 14.4. The number of halogens is 1. The summed E-state index contributed by atoms with van der Waals surface area (Å²) in [5, 5.41) is 3.15. The van der Waals surface area contributed by atoms with Crippen LogP contribution in [-0.4, -0.2) is 33.3 Å². The molecule has 2 aromatic rings. The number of carbonyl (C=O) groups excluding carboxylic acids is 1. The summed E-state index contributed by atoms with van der Waals surface area (Å²) in [5.41, 5.74) is 1.29. The molecule has 1 aliphatic heterocycles. The predicted octanol–water partition coefficient (Wildman–Crippen LogP) is 3.78. The summed E-state index contributed by atoms with van der Waals surface area (Å²) in [6, 6.07) is 8.68. The van der Waals surface area contributed by atoms with Gasteiger partial charge in [-0.1, -0.05) is 17.7 Å². The maximum Gasteiger partial charge on any atom is 0.248 e. The molecule has 0 saturated heterocycles. The van der Waals surface area contributed by atoms with E-state index in [4.69, 9.17) is 30.5 Å². The number of amides is 1. The van der Waals surface area contributed by atoms with Gasteiger partial charge < -0.3 is 24.3 Å². The average molecular weight is 376 g/mol. The first-order chi connectivity index (χ1) is 12.6. The number of hydrogen-bond acceptors (Lipinski definition) is 5. The monoisotopic (exact) mass is 375 g/mol. The minimum Gasteiger partial charge on any atom is -0.495 e. The van der Waals surface area contributed by atoms with E-state index in [9.17, 15) is 4.79 Å². The maximum atomic E-state index is 12.2. The second-order valence-electron chi connectivity index (χ2n) is 5.41. The molecule has 0 atom stereocenters. The van der Waals surface area contributed by atoms with Gasteiger partial charge in [-0.25, -0.2) is 0 Å². The molecule has 0 spiro atoms. The van der Waals surface area contributed by atoms with E-state index >= 15 is 0 Å². The van der Waals surface area contributed by atoms with Crippen LogP contribution in [0.25, 0.3) is 6.08 Å². The highest BCUT2D eigenvalue weighted by molar-refractivity contribution is 6.32. The largest absolute Gasteiger partial charge is 0.495 e. The smallest absolute Gasteiger partial charge is 0.248 e. The van der Waals surface area contributed by atoms with Gasteiger partial charge in [0.1, 0.15) is 24.7 Å². The van der Waals surface area contributed by atoms with E-state index in [0.717, 1.165) is 5.56 Å². The van der Waals surface area contributed by atoms with Crippen molar-refractivity contribution in [2.75, 3.05) is 32.8 Å². The maximum absolute atomic E-state index is 12.2. The second-order valence-corrected chi connectivity index (χ2v) is 5.82. The summed E-state index contributed by atoms with van der Waals surface area (Å²) < 4.78 is 21.4. The molecule has 0 aliphatic carbocycles. The van der Waals surface area contributed by atoms with Crippen LogP contribution in [0, 0.1) is 0 Å². The Morgan fingerprint density at radius 1 is 1.08 bits per heavy atom. The molecular weight excluding hydrogens is 358 g/mol. The number of hydrogen-bond donors (Lipinski definition) is 1. The Kier molecular flexibility index (Phi) is 5.53. The van der Waals surface area contributed by atoms with Crippen molar-refractivity contribution in [1.29, 1.82) is 0 Å². The highest BCUT2D eigenvalue weighted by Crippen LogP contribution is 2.36. The van der Waals surface area contributed by atoms with Crippen molar-refractivity contribution in [3.63, 3.8) is 0 Å². The van der Waals surface area contributed by atoms with Gasteiger partial charge in [-0.2, -0.15) is 0 Å². The molecule has 0 fully saturated rings. The standard InChI is InChI=1S/C19H18ClNO5/c1-23-16-11-14(17(24-2)10-13(16)20)21-19(22)6-4-12-3-5-15-18(9-12)26-8-7-25-15/h3-6,9-11H,7-8H2,1-2H3,(H,21,22)/b6-4+. The van der Waals surface area contributed by atoms with Gasteiger partial charge in [-0.05, 0) is 23.8 Å². The van der Waals surface area contributed by atoms with Crippen LogP contribution >= 0.6 is 11.6 Å². The number of methoxy groups -OCH3 is 2. The number of ether oxygens (including phenoxy) is 4. The first-order valence-electron chi connectivity index (χ1n) is 7.91. The molecule has 1 heterocycles. The molecule has 0 saturated carbocycles. The zero-order chi connectivity index (χ0) is 18.5. The zero-order valence-corrected chi connectivity index (χ0v) is 15.1. The van der Waals surface area contributed by atoms with Gasteiger partial charge in [-0.3, -0.25) is 4.79 Å². The summed E-state index contributed by atoms with van der Waals surface area (Å²) >= 11 is 6.06. The summed E-state index contributed by atoms with van der Waals surface area (Å²) in [6.07, 6.45) is 3.11. The Balaban J connectivity index is 1.73. The molecule has 0 unspecified atom stereocenters. The fourth-order valence-electron chi connectivity index (χ4n) is 2.47. The molecule has 0 aromatic heterocycles. The van der Waals surface area contributed by atoms with E-state index in [0.29, 0.717) is 46.9 Å². The van der Waals surface area contributed by atoms with Crippen LogP contribution in [0.3, 0.4) is 0 Å². The molecule has 2 aromatic carbocycles. The van der Waals surface area contributed by atoms with Crippen molar-refractivity contribution < 1.29 is 23.7 Å². The van der Waals surface area contributed by atoms with Crippen molar-refractivity contribution >= 4 is 29.3 Å². The molecule has 6 nitrogen and oxygen atoms in total. The third-order valence-corrected chi connectivity index (χ3v) is 4.02. The van der Waals surface area contributed by atoms with Crippen LogP contribution in [0.4, 0.5) is 5.69 Å². The highest BCUT2D eigenvalue weighted by Gasteiger charge is 2.12. The van der Waals surface area contributed by atoms with Gasteiger partial charge in [0.25, 0.3) is 0 Å². The quantitative estimate of drug-likeness (QED) is 0.805. The first kappa shape index (κ1) is 17.9. The van der Waals surface area contributed by atoms with E-state index in [1.165, 1.54) is 20.3 Å². The molecule has 0 radical (unpaired) electrons. The van der Waals surface area contributed by atoms with Gasteiger partial charge in [0.2, 0.25) is 5.91 Å². The summed E-state index contributed by atoms with van der Waals surface area (Å²) in [7, 11) is 3.00. The van der Waals surface area contributed by atoms with E-state index in [1.807, 2.05) is 18.2 Å². The number of benzene rings is 2. The highest BCUT2D eigenvalue weighted by atomic mass is 35.5. The molecule has 3 rings (SSSR count). The molecule has 0 bridgehead atoms. The van der Waals surface area contributed by atoms with E-state index in [2.05, 4.69) is 5.32 Å². The molecule has 1 N–H and O–H groups in total. The minimum absolute atomic E-state index is 0.317. The molecule has 7 heteroatoms. The summed E-state index contributed by atoms with van der Waals surface area (Å²) in [4.78, 5) is 12.2. The molecule has 1 amide bonds. The average Bonchev–Trinajstić information content (AvgIpc) is 2.67. The Morgan fingerprint density at radius 2 is 1.81 bits per heavy atom. The molecule has 1 aliphatic rings. The normalized spacial score (nSPS) is 12.7. The minimum atomic E-state index is -0.317. The van der Waals surface area contributed by atoms with Gasteiger partial charge in [0, 0.05) is 18.2 Å². The Hall–Kier alpha value is -2.86. The third kappa shape index (κ3) is 4.03. The van der Waals surface area contributed by atoms with Crippen molar-refractivity contribution in [3.8, 4) is 23.0 Å². The molecule has 26 heavy (non-hydrogen) atoms. The Bertz CT molecular complexity index is 850. The van der Waals surface area contributed by atoms with Gasteiger partial charge >= 0.3 is 0 Å². The van der Waals surface area contributed by atoms with Crippen molar-refractivity contribution in [2.45, 2.75) is 0 Å². The van der Waals surface area contributed by atoms with Crippen LogP contribution < -0.4 is 24.3 Å². The summed E-state index contributed by atoms with van der Waals surface area (Å²) in [6.45, 7) is 1.05. The number of rotatable bonds is 5. The molecular formula is C19H18ClNO5. The predicted molar refractivity (Wildman–Crippen MR) is 99.7 cm³/mol. The lowest BCUT2D eigenvalue weighted by Crippen LogP contribution is -2.15. The first-order valence-corrected chi connectivity index (χ1v) is 8.28.